The first kappa shape index (κ1) is 20.7. The Bertz CT molecular complexity index is 1020. The van der Waals surface area contributed by atoms with Gasteiger partial charge in [0.15, 0.2) is 6.10 Å². The number of rotatable bonds is 7. The third kappa shape index (κ3) is 4.52. The van der Waals surface area contributed by atoms with Gasteiger partial charge in [0.2, 0.25) is 0 Å². The summed E-state index contributed by atoms with van der Waals surface area (Å²) in [5.41, 5.74) is 1.53. The van der Waals surface area contributed by atoms with E-state index in [1.54, 1.807) is 42.5 Å². The Hall–Kier alpha value is -3.99. The maximum atomic E-state index is 12.3. The molecule has 0 radical (unpaired) electrons. The molecule has 1 atom stereocenters. The van der Waals surface area contributed by atoms with Crippen molar-refractivity contribution in [1.29, 1.82) is 5.26 Å². The molecule has 1 aliphatic rings. The maximum Gasteiger partial charge on any atom is 0.306 e. The van der Waals surface area contributed by atoms with Crippen molar-refractivity contribution in [2.45, 2.75) is 25.9 Å². The number of anilines is 1. The summed E-state index contributed by atoms with van der Waals surface area (Å²) in [7, 11) is 0. The molecule has 30 heavy (non-hydrogen) atoms. The van der Waals surface area contributed by atoms with Crippen LogP contribution in [0.4, 0.5) is 5.69 Å². The number of hydrogen-bond acceptors (Lipinski definition) is 6. The van der Waals surface area contributed by atoms with Crippen LogP contribution in [0.2, 0.25) is 0 Å². The molecule has 3 amide bonds. The summed E-state index contributed by atoms with van der Waals surface area (Å²) in [6.45, 7) is 1.52. The summed E-state index contributed by atoms with van der Waals surface area (Å²) in [4.78, 5) is 49.9. The highest BCUT2D eigenvalue weighted by atomic mass is 16.5. The van der Waals surface area contributed by atoms with E-state index in [0.29, 0.717) is 22.4 Å². The van der Waals surface area contributed by atoms with E-state index in [1.807, 2.05) is 6.07 Å². The van der Waals surface area contributed by atoms with Crippen LogP contribution in [0.25, 0.3) is 0 Å². The lowest BCUT2D eigenvalue weighted by molar-refractivity contribution is -0.153. The van der Waals surface area contributed by atoms with Crippen LogP contribution >= 0.6 is 0 Å². The Labute approximate surface area is 173 Å². The van der Waals surface area contributed by atoms with Crippen molar-refractivity contribution >= 4 is 29.4 Å². The van der Waals surface area contributed by atoms with Gasteiger partial charge in [-0.05, 0) is 43.7 Å². The molecule has 152 valence electrons. The Kier molecular flexibility index (Phi) is 6.23. The molecular weight excluding hydrogens is 386 g/mol. The molecular formula is C22H19N3O5. The van der Waals surface area contributed by atoms with E-state index in [9.17, 15) is 19.2 Å². The number of carbonyl (C=O) groups excluding carboxylic acids is 4. The van der Waals surface area contributed by atoms with Crippen LogP contribution in [0.3, 0.4) is 0 Å². The number of imide groups is 1. The van der Waals surface area contributed by atoms with E-state index < -0.39 is 18.0 Å². The van der Waals surface area contributed by atoms with Crippen LogP contribution in [0.1, 0.15) is 46.0 Å². The van der Waals surface area contributed by atoms with Gasteiger partial charge in [0.05, 0.1) is 22.8 Å². The lowest BCUT2D eigenvalue weighted by Crippen LogP contribution is -2.32. The Morgan fingerprint density at radius 2 is 1.77 bits per heavy atom. The van der Waals surface area contributed by atoms with Crippen molar-refractivity contribution in [3.63, 3.8) is 0 Å². The molecule has 0 fully saturated rings. The fourth-order valence-corrected chi connectivity index (χ4v) is 3.04. The van der Waals surface area contributed by atoms with E-state index in [1.165, 1.54) is 13.0 Å². The van der Waals surface area contributed by atoms with Crippen molar-refractivity contribution in [1.82, 2.24) is 4.90 Å². The zero-order valence-corrected chi connectivity index (χ0v) is 16.3. The third-order valence-electron chi connectivity index (χ3n) is 4.58. The molecule has 3 rings (SSSR count). The molecule has 8 nitrogen and oxygen atoms in total. The highest BCUT2D eigenvalue weighted by Gasteiger charge is 2.34. The second kappa shape index (κ2) is 9.01. The summed E-state index contributed by atoms with van der Waals surface area (Å²) in [6.07, 6.45) is -0.861. The Morgan fingerprint density at radius 1 is 1.10 bits per heavy atom. The zero-order valence-electron chi connectivity index (χ0n) is 16.3. The Morgan fingerprint density at radius 3 is 2.40 bits per heavy atom. The van der Waals surface area contributed by atoms with Gasteiger partial charge < -0.3 is 10.1 Å². The minimum Gasteiger partial charge on any atom is -0.453 e. The van der Waals surface area contributed by atoms with Gasteiger partial charge in [-0.15, -0.1) is 0 Å². The molecule has 0 saturated heterocycles. The van der Waals surface area contributed by atoms with Crippen LogP contribution in [-0.2, 0) is 14.3 Å². The van der Waals surface area contributed by atoms with Crippen molar-refractivity contribution in [3.05, 3.63) is 65.2 Å². The quantitative estimate of drug-likeness (QED) is 0.559. The third-order valence-corrected chi connectivity index (χ3v) is 4.58. The number of amides is 3. The second-order valence-electron chi connectivity index (χ2n) is 6.73. The molecule has 1 N–H and O–H groups in total. The molecule has 0 unspecified atom stereocenters. The topological polar surface area (TPSA) is 117 Å². The minimum absolute atomic E-state index is 0.0467. The van der Waals surface area contributed by atoms with Crippen LogP contribution in [0.5, 0.6) is 0 Å². The number of nitrogens with one attached hydrogen (secondary N) is 1. The molecule has 1 aliphatic heterocycles. The monoisotopic (exact) mass is 405 g/mol. The largest absolute Gasteiger partial charge is 0.453 e. The van der Waals surface area contributed by atoms with Gasteiger partial charge in [0.1, 0.15) is 0 Å². The van der Waals surface area contributed by atoms with Gasteiger partial charge in [-0.1, -0.05) is 18.2 Å². The fraction of sp³-hybridized carbons (Fsp3) is 0.227. The van der Waals surface area contributed by atoms with Gasteiger partial charge in [-0.3, -0.25) is 24.1 Å². The molecule has 8 heteroatoms. The van der Waals surface area contributed by atoms with Gasteiger partial charge in [0.25, 0.3) is 17.7 Å². The summed E-state index contributed by atoms with van der Waals surface area (Å²) in [5.74, 6) is -1.90. The molecule has 0 saturated carbocycles. The van der Waals surface area contributed by atoms with Gasteiger partial charge in [-0.25, -0.2) is 0 Å². The summed E-state index contributed by atoms with van der Waals surface area (Å²) in [6, 6.07) is 14.9. The van der Waals surface area contributed by atoms with Crippen molar-refractivity contribution in [3.8, 4) is 6.07 Å². The van der Waals surface area contributed by atoms with E-state index in [0.717, 1.165) is 4.90 Å². The van der Waals surface area contributed by atoms with Gasteiger partial charge >= 0.3 is 5.97 Å². The van der Waals surface area contributed by atoms with Gasteiger partial charge in [0, 0.05) is 18.7 Å². The van der Waals surface area contributed by atoms with E-state index >= 15 is 0 Å². The van der Waals surface area contributed by atoms with E-state index in [4.69, 9.17) is 10.00 Å². The number of ether oxygens (including phenoxy) is 1. The average molecular weight is 405 g/mol. The van der Waals surface area contributed by atoms with E-state index in [-0.39, 0.29) is 31.2 Å². The SMILES string of the molecule is C[C@H](OC(=O)CCCN1C(=O)c2ccccc2C1=O)C(=O)Nc1cccc(C#N)c1. The lowest BCUT2D eigenvalue weighted by atomic mass is 10.1. The highest BCUT2D eigenvalue weighted by Crippen LogP contribution is 2.22. The molecule has 0 aliphatic carbocycles. The number of carbonyl (C=O) groups is 4. The minimum atomic E-state index is -1.04. The normalized spacial score (nSPS) is 13.4. The smallest absolute Gasteiger partial charge is 0.306 e. The number of nitrogens with zero attached hydrogens (tertiary/aromatic N) is 2. The average Bonchev–Trinajstić information content (AvgIpc) is 2.99. The highest BCUT2D eigenvalue weighted by molar-refractivity contribution is 6.21. The molecule has 1 heterocycles. The molecule has 0 aromatic heterocycles. The van der Waals surface area contributed by atoms with Gasteiger partial charge in [-0.2, -0.15) is 5.26 Å². The first-order chi connectivity index (χ1) is 14.4. The predicted octanol–water partition coefficient (Wildman–Crippen LogP) is 2.50. The number of esters is 1. The predicted molar refractivity (Wildman–Crippen MR) is 106 cm³/mol. The van der Waals surface area contributed by atoms with Crippen molar-refractivity contribution in [2.75, 3.05) is 11.9 Å². The van der Waals surface area contributed by atoms with Crippen LogP contribution in [0, 0.1) is 11.3 Å². The number of hydrogen-bond donors (Lipinski definition) is 1. The first-order valence-corrected chi connectivity index (χ1v) is 9.36. The summed E-state index contributed by atoms with van der Waals surface area (Å²) >= 11 is 0. The van der Waals surface area contributed by atoms with Crippen LogP contribution < -0.4 is 5.32 Å². The lowest BCUT2D eigenvalue weighted by Gasteiger charge is -2.15. The number of fused-ring (bicyclic) bond motifs is 1. The summed E-state index contributed by atoms with van der Waals surface area (Å²) in [5, 5.41) is 11.5. The zero-order chi connectivity index (χ0) is 21.7. The second-order valence-corrected chi connectivity index (χ2v) is 6.73. The Balaban J connectivity index is 1.45. The van der Waals surface area contributed by atoms with Crippen molar-refractivity contribution < 1.29 is 23.9 Å². The van der Waals surface area contributed by atoms with Crippen LogP contribution in [-0.4, -0.2) is 41.2 Å². The van der Waals surface area contributed by atoms with Crippen molar-refractivity contribution in [2.24, 2.45) is 0 Å². The van der Waals surface area contributed by atoms with Crippen LogP contribution in [0.15, 0.2) is 48.5 Å². The standard InChI is InChI=1S/C22H19N3O5/c1-14(20(27)24-16-7-4-6-15(12-16)13-23)30-19(26)10-5-11-25-21(28)17-8-2-3-9-18(17)22(25)29/h2-4,6-9,12,14H,5,10-11H2,1H3,(H,24,27)/t14-/m0/s1. The molecule has 0 bridgehead atoms. The fourth-order valence-electron chi connectivity index (χ4n) is 3.04. The number of benzene rings is 2. The number of nitriles is 1. The summed E-state index contributed by atoms with van der Waals surface area (Å²) < 4.78 is 5.12. The molecule has 2 aromatic carbocycles. The molecule has 2 aromatic rings. The molecule has 0 spiro atoms. The van der Waals surface area contributed by atoms with E-state index in [2.05, 4.69) is 5.32 Å². The first-order valence-electron chi connectivity index (χ1n) is 9.36. The maximum absolute atomic E-state index is 12.3.